The van der Waals surface area contributed by atoms with Gasteiger partial charge in [-0.15, -0.1) is 0 Å². The van der Waals surface area contributed by atoms with Crippen LogP contribution in [0.4, 0.5) is 0 Å². The molecule has 0 radical (unpaired) electrons. The molecule has 2 heterocycles. The molecule has 1 saturated carbocycles. The Morgan fingerprint density at radius 2 is 1.69 bits per heavy atom. The number of nitrogens with zero attached hydrogens (tertiary/aromatic N) is 1. The van der Waals surface area contributed by atoms with Gasteiger partial charge >= 0.3 is 0 Å². The van der Waals surface area contributed by atoms with Crippen molar-refractivity contribution in [3.05, 3.63) is 23.3 Å². The van der Waals surface area contributed by atoms with Crippen LogP contribution >= 0.6 is 0 Å². The van der Waals surface area contributed by atoms with Crippen LogP contribution in [-0.4, -0.2) is 54.2 Å². The molecular weight excluding hydrogens is 447 g/mol. The summed E-state index contributed by atoms with van der Waals surface area (Å²) in [6.45, 7) is 22.5. The molecule has 7 heteroatoms. The van der Waals surface area contributed by atoms with E-state index in [9.17, 15) is 0 Å². The molecule has 5 unspecified atom stereocenters. The minimum atomic E-state index is -1.74. The maximum Gasteiger partial charge on any atom is 0.242 e. The molecule has 2 bridgehead atoms. The monoisotopic (exact) mass is 489 g/mol. The predicted molar refractivity (Wildman–Crippen MR) is 140 cm³/mol. The van der Waals surface area contributed by atoms with Crippen molar-refractivity contribution in [2.75, 3.05) is 6.54 Å². The molecule has 1 spiro atoms. The molecule has 178 valence electrons. The Balaban J connectivity index is 1.66. The summed E-state index contributed by atoms with van der Waals surface area (Å²) in [6.07, 6.45) is 5.10. The van der Waals surface area contributed by atoms with Gasteiger partial charge in [-0.25, -0.2) is 0 Å². The Morgan fingerprint density at radius 3 is 2.31 bits per heavy atom. The van der Waals surface area contributed by atoms with Gasteiger partial charge in [0.2, 0.25) is 8.32 Å². The van der Waals surface area contributed by atoms with Crippen LogP contribution in [0.2, 0.25) is 58.9 Å². The topological polar surface area (TPSA) is 30.9 Å². The van der Waals surface area contributed by atoms with E-state index in [4.69, 9.17) is 13.6 Å². The van der Waals surface area contributed by atoms with E-state index < -0.39 is 24.9 Å². The average Bonchev–Trinajstić information content (AvgIpc) is 2.96. The lowest BCUT2D eigenvalue weighted by Gasteiger charge is -2.62. The van der Waals surface area contributed by atoms with E-state index in [1.165, 1.54) is 36.9 Å². The number of benzene rings is 1. The van der Waals surface area contributed by atoms with Crippen LogP contribution in [0.5, 0.6) is 11.5 Å². The maximum absolute atomic E-state index is 7.02. The first kappa shape index (κ1) is 23.1. The largest absolute Gasteiger partial charge is 0.542 e. The van der Waals surface area contributed by atoms with Gasteiger partial charge in [-0.1, -0.05) is 25.7 Å². The summed E-state index contributed by atoms with van der Waals surface area (Å²) in [5, 5.41) is 0. The molecule has 4 nitrogen and oxygen atoms in total. The van der Waals surface area contributed by atoms with Gasteiger partial charge in [0.05, 0.1) is 6.10 Å². The Morgan fingerprint density at radius 1 is 0.969 bits per heavy atom. The highest BCUT2D eigenvalue weighted by Crippen LogP contribution is 2.64. The van der Waals surface area contributed by atoms with Gasteiger partial charge < -0.3 is 18.2 Å². The second kappa shape index (κ2) is 7.20. The first-order valence-corrected chi connectivity index (χ1v) is 22.9. The molecule has 5 atom stereocenters. The third-order valence-electron chi connectivity index (χ3n) is 8.03. The SMILES string of the molecule is C[Si](C)(C)Oc1ccc2c3c1OC1C(O[Si](C)(C)C)CCC4C(C2)N([Si](C)(C)C)CCC341. The van der Waals surface area contributed by atoms with Crippen molar-refractivity contribution in [1.29, 1.82) is 0 Å². The highest BCUT2D eigenvalue weighted by Gasteiger charge is 2.67. The quantitative estimate of drug-likeness (QED) is 0.475. The highest BCUT2D eigenvalue weighted by atomic mass is 28.4. The lowest BCUT2D eigenvalue weighted by molar-refractivity contribution is -0.0853. The molecule has 2 aliphatic carbocycles. The van der Waals surface area contributed by atoms with Gasteiger partial charge in [-0.05, 0) is 89.1 Å². The summed E-state index contributed by atoms with van der Waals surface area (Å²) < 4.78 is 23.4. The summed E-state index contributed by atoms with van der Waals surface area (Å²) in [4.78, 5) is 0. The number of hydrogen-bond donors (Lipinski definition) is 0. The lowest BCUT2D eigenvalue weighted by atomic mass is 9.52. The Kier molecular flexibility index (Phi) is 5.21. The van der Waals surface area contributed by atoms with E-state index >= 15 is 0 Å². The van der Waals surface area contributed by atoms with E-state index in [1.54, 1.807) is 0 Å². The van der Waals surface area contributed by atoms with Gasteiger partial charge in [0.25, 0.3) is 0 Å². The van der Waals surface area contributed by atoms with E-state index in [-0.39, 0.29) is 17.6 Å². The maximum atomic E-state index is 7.02. The predicted octanol–water partition coefficient (Wildman–Crippen LogP) is 5.99. The molecule has 0 aromatic heterocycles. The van der Waals surface area contributed by atoms with Crippen LogP contribution < -0.4 is 9.16 Å². The number of ether oxygens (including phenoxy) is 1. The third kappa shape index (κ3) is 3.58. The smallest absolute Gasteiger partial charge is 0.242 e. The molecule has 1 aromatic rings. The minimum Gasteiger partial charge on any atom is -0.542 e. The van der Waals surface area contributed by atoms with E-state index in [1.807, 2.05) is 0 Å². The first-order valence-electron chi connectivity index (χ1n) is 12.7. The van der Waals surface area contributed by atoms with Crippen LogP contribution in [0.3, 0.4) is 0 Å². The van der Waals surface area contributed by atoms with Crippen molar-refractivity contribution in [2.45, 2.75) is 108 Å². The minimum absolute atomic E-state index is 0.102. The van der Waals surface area contributed by atoms with E-state index in [0.717, 1.165) is 17.9 Å². The van der Waals surface area contributed by atoms with Crippen LogP contribution in [0.25, 0.3) is 0 Å². The molecule has 1 saturated heterocycles. The summed E-state index contributed by atoms with van der Waals surface area (Å²) in [5.74, 6) is 2.74. The highest BCUT2D eigenvalue weighted by molar-refractivity contribution is 6.73. The number of rotatable bonds is 5. The number of hydrogen-bond acceptors (Lipinski definition) is 4. The fourth-order valence-electron chi connectivity index (χ4n) is 7.31. The zero-order chi connectivity index (χ0) is 23.3. The van der Waals surface area contributed by atoms with Crippen molar-refractivity contribution in [2.24, 2.45) is 5.92 Å². The Hall–Kier alpha value is -0.609. The average molecular weight is 490 g/mol. The standard InChI is InChI=1S/C25H43NO3Si3/c1-30(2,3)26-15-14-25-18-11-13-21(29-32(7,8)9)24(25)27-23-20(28-31(4,5)6)12-10-17(22(23)25)16-19(18)26/h10,12,18-19,21,24H,11,13-16H2,1-9H3. The van der Waals surface area contributed by atoms with E-state index in [0.29, 0.717) is 12.0 Å². The zero-order valence-corrected chi connectivity index (χ0v) is 24.7. The molecule has 2 fully saturated rings. The lowest BCUT2D eigenvalue weighted by Crippen LogP contribution is -2.70. The molecule has 0 N–H and O–H groups in total. The van der Waals surface area contributed by atoms with Gasteiger partial charge in [-0.3, -0.25) is 0 Å². The molecule has 5 rings (SSSR count). The van der Waals surface area contributed by atoms with E-state index in [2.05, 4.69) is 75.6 Å². The van der Waals surface area contributed by atoms with Crippen LogP contribution in [0, 0.1) is 5.92 Å². The van der Waals surface area contributed by atoms with Crippen LogP contribution in [0.1, 0.15) is 30.4 Å². The second-order valence-corrected chi connectivity index (χ2v) is 27.4. The Bertz CT molecular complexity index is 917. The third-order valence-corrected chi connectivity index (χ3v) is 12.2. The number of piperidine rings is 1. The van der Waals surface area contributed by atoms with Crippen molar-refractivity contribution in [1.82, 2.24) is 4.57 Å². The van der Waals surface area contributed by atoms with Gasteiger partial charge in [0.1, 0.15) is 20.1 Å². The zero-order valence-electron chi connectivity index (χ0n) is 21.7. The van der Waals surface area contributed by atoms with Crippen molar-refractivity contribution in [3.63, 3.8) is 0 Å². The van der Waals surface area contributed by atoms with Crippen molar-refractivity contribution in [3.8, 4) is 11.5 Å². The summed E-state index contributed by atoms with van der Waals surface area (Å²) in [7, 11) is -4.80. The second-order valence-electron chi connectivity index (χ2n) is 13.6. The van der Waals surface area contributed by atoms with Crippen LogP contribution in [-0.2, 0) is 16.3 Å². The van der Waals surface area contributed by atoms with Gasteiger partial charge in [0.15, 0.2) is 14.1 Å². The Labute approximate surface area is 198 Å². The molecule has 2 aliphatic heterocycles. The summed E-state index contributed by atoms with van der Waals surface area (Å²) in [6, 6.07) is 5.24. The normalized spacial score (nSPS) is 34.2. The fraction of sp³-hybridized carbons (Fsp3) is 0.760. The van der Waals surface area contributed by atoms with Gasteiger partial charge in [-0.2, -0.15) is 0 Å². The summed E-state index contributed by atoms with van der Waals surface area (Å²) in [5.41, 5.74) is 3.13. The van der Waals surface area contributed by atoms with Gasteiger partial charge in [0, 0.05) is 17.0 Å². The molecule has 1 aromatic carbocycles. The van der Waals surface area contributed by atoms with Crippen molar-refractivity contribution >= 4 is 24.9 Å². The molecule has 4 aliphatic rings. The molecular formula is C25H43NO3Si3. The van der Waals surface area contributed by atoms with Crippen LogP contribution in [0.15, 0.2) is 12.1 Å². The molecule has 0 amide bonds. The van der Waals surface area contributed by atoms with Crippen molar-refractivity contribution < 1.29 is 13.6 Å². The summed E-state index contributed by atoms with van der Waals surface area (Å²) >= 11 is 0. The fourth-order valence-corrected chi connectivity index (χ4v) is 11.3. The first-order chi connectivity index (χ1) is 14.7. The molecule has 32 heavy (non-hydrogen) atoms.